The highest BCUT2D eigenvalue weighted by Gasteiger charge is 2.38. The van der Waals surface area contributed by atoms with Crippen molar-refractivity contribution in [3.8, 4) is 17.2 Å². The van der Waals surface area contributed by atoms with Crippen LogP contribution >= 0.6 is 0 Å². The van der Waals surface area contributed by atoms with Crippen LogP contribution in [0.15, 0.2) is 28.9 Å². The van der Waals surface area contributed by atoms with Crippen LogP contribution in [0.2, 0.25) is 0 Å². The monoisotopic (exact) mass is 387 g/mol. The summed E-state index contributed by atoms with van der Waals surface area (Å²) in [5, 5.41) is 0. The van der Waals surface area contributed by atoms with Crippen LogP contribution in [0.3, 0.4) is 0 Å². The Morgan fingerprint density at radius 1 is 1.32 bits per heavy atom. The minimum absolute atomic E-state index is 0.0861. The van der Waals surface area contributed by atoms with E-state index in [1.54, 1.807) is 18.2 Å². The van der Waals surface area contributed by atoms with Gasteiger partial charge < -0.3 is 23.5 Å². The van der Waals surface area contributed by atoms with Gasteiger partial charge in [0.2, 0.25) is 12.7 Å². The molecule has 1 aromatic carbocycles. The summed E-state index contributed by atoms with van der Waals surface area (Å²) < 4.78 is 21.8. The van der Waals surface area contributed by atoms with Gasteiger partial charge in [-0.15, -0.1) is 0 Å². The molecule has 8 nitrogen and oxygen atoms in total. The van der Waals surface area contributed by atoms with Crippen LogP contribution in [0.25, 0.3) is 0 Å². The number of rotatable bonds is 4. The highest BCUT2D eigenvalue weighted by Crippen LogP contribution is 2.35. The number of fused-ring (bicyclic) bond motifs is 1. The third kappa shape index (κ3) is 3.52. The summed E-state index contributed by atoms with van der Waals surface area (Å²) in [5.41, 5.74) is 0.216. The van der Waals surface area contributed by atoms with Crippen molar-refractivity contribution in [1.29, 1.82) is 0 Å². The minimum Gasteiger partial charge on any atom is -0.484 e. The molecule has 0 spiro atoms. The van der Waals surface area contributed by atoms with Crippen LogP contribution in [-0.2, 0) is 6.61 Å². The fraction of sp³-hybridized carbons (Fsp3) is 0.500. The van der Waals surface area contributed by atoms with Gasteiger partial charge in [0.25, 0.3) is 5.91 Å². The number of carbonyl (C=O) groups excluding carboxylic acids is 1. The number of amides is 1. The molecule has 0 saturated carbocycles. The predicted octanol–water partition coefficient (Wildman–Crippen LogP) is 2.54. The SMILES string of the molecule is C[C@H]1CN(C)C(C)(C)CN1C(=O)c1coc(COc2ccc3c(c2)OCO3)n1. The molecule has 3 heterocycles. The Morgan fingerprint density at radius 3 is 2.93 bits per heavy atom. The summed E-state index contributed by atoms with van der Waals surface area (Å²) in [4.78, 5) is 21.4. The number of ether oxygens (including phenoxy) is 3. The molecule has 2 aliphatic heterocycles. The Morgan fingerprint density at radius 2 is 2.11 bits per heavy atom. The van der Waals surface area contributed by atoms with Crippen LogP contribution in [0.1, 0.15) is 37.2 Å². The molecule has 150 valence electrons. The number of oxazole rings is 1. The third-order valence-corrected chi connectivity index (χ3v) is 5.40. The van der Waals surface area contributed by atoms with Crippen LogP contribution < -0.4 is 14.2 Å². The number of carbonyl (C=O) groups is 1. The summed E-state index contributed by atoms with van der Waals surface area (Å²) in [5.74, 6) is 2.19. The number of hydrogen-bond donors (Lipinski definition) is 0. The summed E-state index contributed by atoms with van der Waals surface area (Å²) in [6.07, 6.45) is 1.40. The molecular weight excluding hydrogens is 362 g/mol. The molecule has 1 fully saturated rings. The molecule has 28 heavy (non-hydrogen) atoms. The van der Waals surface area contributed by atoms with Gasteiger partial charge in [0, 0.05) is 30.7 Å². The van der Waals surface area contributed by atoms with E-state index in [2.05, 4.69) is 30.8 Å². The topological polar surface area (TPSA) is 77.3 Å². The van der Waals surface area contributed by atoms with E-state index < -0.39 is 0 Å². The van der Waals surface area contributed by atoms with Crippen LogP contribution in [-0.4, -0.2) is 59.2 Å². The van der Waals surface area contributed by atoms with Gasteiger partial charge in [-0.1, -0.05) is 0 Å². The molecule has 1 aromatic heterocycles. The van der Waals surface area contributed by atoms with Gasteiger partial charge in [0.05, 0.1) is 0 Å². The van der Waals surface area contributed by atoms with Crippen molar-refractivity contribution in [2.45, 2.75) is 39.0 Å². The number of piperazine rings is 1. The van der Waals surface area contributed by atoms with E-state index in [0.717, 1.165) is 6.54 Å². The number of nitrogens with zero attached hydrogens (tertiary/aromatic N) is 3. The first-order valence-electron chi connectivity index (χ1n) is 9.32. The van der Waals surface area contributed by atoms with Gasteiger partial charge in [0.15, 0.2) is 23.8 Å². The predicted molar refractivity (Wildman–Crippen MR) is 101 cm³/mol. The molecule has 4 rings (SSSR count). The van der Waals surface area contributed by atoms with Crippen molar-refractivity contribution < 1.29 is 23.4 Å². The van der Waals surface area contributed by atoms with Crippen LogP contribution in [0.5, 0.6) is 17.2 Å². The maximum Gasteiger partial charge on any atom is 0.276 e. The normalized spacial score (nSPS) is 21.0. The first kappa shape index (κ1) is 18.6. The molecule has 0 aliphatic carbocycles. The van der Waals surface area contributed by atoms with Crippen molar-refractivity contribution in [2.75, 3.05) is 26.9 Å². The molecule has 2 aromatic rings. The summed E-state index contributed by atoms with van der Waals surface area (Å²) in [7, 11) is 2.08. The van der Waals surface area contributed by atoms with Gasteiger partial charge in [-0.05, 0) is 40.0 Å². The Balaban J connectivity index is 1.40. The van der Waals surface area contributed by atoms with Gasteiger partial charge >= 0.3 is 0 Å². The Labute approximate surface area is 164 Å². The largest absolute Gasteiger partial charge is 0.484 e. The van der Waals surface area contributed by atoms with E-state index in [-0.39, 0.29) is 30.9 Å². The third-order valence-electron chi connectivity index (χ3n) is 5.40. The van der Waals surface area contributed by atoms with E-state index >= 15 is 0 Å². The number of hydrogen-bond acceptors (Lipinski definition) is 7. The smallest absolute Gasteiger partial charge is 0.276 e. The van der Waals surface area contributed by atoms with E-state index in [1.807, 2.05) is 11.8 Å². The standard InChI is InChI=1S/C20H25N3O5/c1-13-8-22(4)20(2,3)11-23(13)19(24)15-9-26-18(21-15)10-25-14-5-6-16-17(7-14)28-12-27-16/h5-7,9,13H,8,10-12H2,1-4H3/t13-/m0/s1. The first-order chi connectivity index (χ1) is 13.3. The number of aromatic nitrogens is 1. The first-order valence-corrected chi connectivity index (χ1v) is 9.32. The number of benzene rings is 1. The Bertz CT molecular complexity index is 878. The van der Waals surface area contributed by atoms with E-state index in [1.165, 1.54) is 6.26 Å². The molecular formula is C20H25N3O5. The van der Waals surface area contributed by atoms with Crippen LogP contribution in [0, 0.1) is 0 Å². The zero-order valence-corrected chi connectivity index (χ0v) is 16.6. The number of likely N-dealkylation sites (N-methyl/N-ethyl adjacent to an activating group) is 1. The summed E-state index contributed by atoms with van der Waals surface area (Å²) >= 11 is 0. The molecule has 2 aliphatic rings. The molecule has 1 amide bonds. The Hall–Kier alpha value is -2.74. The molecule has 1 saturated heterocycles. The fourth-order valence-corrected chi connectivity index (χ4v) is 3.44. The lowest BCUT2D eigenvalue weighted by atomic mass is 9.96. The maximum absolute atomic E-state index is 12.9. The zero-order chi connectivity index (χ0) is 19.9. The second-order valence-electron chi connectivity index (χ2n) is 7.91. The quantitative estimate of drug-likeness (QED) is 0.798. The van der Waals surface area contributed by atoms with Gasteiger partial charge in [0.1, 0.15) is 12.0 Å². The van der Waals surface area contributed by atoms with Gasteiger partial charge in [-0.3, -0.25) is 9.69 Å². The van der Waals surface area contributed by atoms with Gasteiger partial charge in [-0.2, -0.15) is 0 Å². The highest BCUT2D eigenvalue weighted by molar-refractivity contribution is 5.92. The van der Waals surface area contributed by atoms with Crippen molar-refractivity contribution in [1.82, 2.24) is 14.8 Å². The second kappa shape index (κ2) is 7.01. The average molecular weight is 387 g/mol. The lowest BCUT2D eigenvalue weighted by molar-refractivity contribution is 0.00756. The molecule has 1 atom stereocenters. The minimum atomic E-state index is -0.119. The lowest BCUT2D eigenvalue weighted by Crippen LogP contribution is -2.62. The van der Waals surface area contributed by atoms with Crippen molar-refractivity contribution in [3.63, 3.8) is 0 Å². The van der Waals surface area contributed by atoms with E-state index in [0.29, 0.717) is 35.4 Å². The average Bonchev–Trinajstić information content (AvgIpc) is 3.31. The van der Waals surface area contributed by atoms with Crippen LogP contribution in [0.4, 0.5) is 0 Å². The summed E-state index contributed by atoms with van der Waals surface area (Å²) in [6.45, 7) is 8.10. The molecule has 0 N–H and O–H groups in total. The molecule has 0 unspecified atom stereocenters. The molecule has 0 radical (unpaired) electrons. The fourth-order valence-electron chi connectivity index (χ4n) is 3.44. The summed E-state index contributed by atoms with van der Waals surface area (Å²) in [6, 6.07) is 5.44. The maximum atomic E-state index is 12.9. The van der Waals surface area contributed by atoms with Crippen molar-refractivity contribution in [3.05, 3.63) is 36.0 Å². The van der Waals surface area contributed by atoms with Gasteiger partial charge in [-0.25, -0.2) is 4.98 Å². The lowest BCUT2D eigenvalue weighted by Gasteiger charge is -2.48. The zero-order valence-electron chi connectivity index (χ0n) is 16.6. The van der Waals surface area contributed by atoms with Crippen molar-refractivity contribution in [2.24, 2.45) is 0 Å². The van der Waals surface area contributed by atoms with E-state index in [4.69, 9.17) is 18.6 Å². The highest BCUT2D eigenvalue weighted by atomic mass is 16.7. The molecule has 8 heteroatoms. The molecule has 0 bridgehead atoms. The second-order valence-corrected chi connectivity index (χ2v) is 7.91. The van der Waals surface area contributed by atoms with E-state index in [9.17, 15) is 4.79 Å². The Kier molecular flexibility index (Phi) is 4.66. The van der Waals surface area contributed by atoms with Crippen molar-refractivity contribution >= 4 is 5.91 Å².